The van der Waals surface area contributed by atoms with E-state index in [4.69, 9.17) is 5.11 Å². The zero-order valence-electron chi connectivity index (χ0n) is 8.43. The van der Waals surface area contributed by atoms with E-state index >= 15 is 0 Å². The van der Waals surface area contributed by atoms with Gasteiger partial charge in [0.05, 0.1) is 0 Å². The maximum Gasteiger partial charge on any atom is 0.318 e. The Hall–Kier alpha value is -1.90. The average Bonchev–Trinajstić information content (AvgIpc) is 2.18. The van der Waals surface area contributed by atoms with Crippen molar-refractivity contribution in [3.63, 3.8) is 0 Å². The SMILES string of the molecule is C=C(c1ccccc1)C(C(C)=O)C(=O)O. The predicted molar refractivity (Wildman–Crippen MR) is 57.3 cm³/mol. The number of carbonyl (C=O) groups excluding carboxylic acids is 1. The van der Waals surface area contributed by atoms with E-state index in [2.05, 4.69) is 6.58 Å². The second-order valence-corrected chi connectivity index (χ2v) is 3.27. The van der Waals surface area contributed by atoms with Crippen molar-refractivity contribution in [3.05, 3.63) is 42.5 Å². The Kier molecular flexibility index (Phi) is 3.39. The van der Waals surface area contributed by atoms with Gasteiger partial charge in [0.2, 0.25) is 0 Å². The third kappa shape index (κ3) is 2.53. The van der Waals surface area contributed by atoms with Crippen LogP contribution >= 0.6 is 0 Å². The van der Waals surface area contributed by atoms with E-state index in [1.54, 1.807) is 24.3 Å². The lowest BCUT2D eigenvalue weighted by atomic mass is 9.91. The Morgan fingerprint density at radius 3 is 2.20 bits per heavy atom. The lowest BCUT2D eigenvalue weighted by Gasteiger charge is -2.12. The molecule has 3 heteroatoms. The van der Waals surface area contributed by atoms with Gasteiger partial charge in [-0.3, -0.25) is 9.59 Å². The predicted octanol–water partition coefficient (Wildman–Crippen LogP) is 1.99. The lowest BCUT2D eigenvalue weighted by molar-refractivity contribution is -0.143. The van der Waals surface area contributed by atoms with Crippen LogP contribution in [0.2, 0.25) is 0 Å². The van der Waals surface area contributed by atoms with Crippen molar-refractivity contribution < 1.29 is 14.7 Å². The number of hydrogen-bond acceptors (Lipinski definition) is 2. The summed E-state index contributed by atoms with van der Waals surface area (Å²) in [5.41, 5.74) is 1.01. The number of hydrogen-bond donors (Lipinski definition) is 1. The molecule has 0 aliphatic carbocycles. The summed E-state index contributed by atoms with van der Waals surface area (Å²) < 4.78 is 0. The Morgan fingerprint density at radius 1 is 1.27 bits per heavy atom. The monoisotopic (exact) mass is 204 g/mol. The van der Waals surface area contributed by atoms with Crippen molar-refractivity contribution in [2.24, 2.45) is 5.92 Å². The molecular formula is C12H12O3. The molecule has 1 aromatic carbocycles. The first kappa shape index (κ1) is 11.2. The van der Waals surface area contributed by atoms with Crippen LogP contribution in [0, 0.1) is 5.92 Å². The average molecular weight is 204 g/mol. The van der Waals surface area contributed by atoms with Crippen molar-refractivity contribution in [1.29, 1.82) is 0 Å². The number of benzene rings is 1. The molecule has 1 rings (SSSR count). The fourth-order valence-corrected chi connectivity index (χ4v) is 1.39. The van der Waals surface area contributed by atoms with Crippen LogP contribution in [-0.2, 0) is 9.59 Å². The van der Waals surface area contributed by atoms with E-state index < -0.39 is 17.7 Å². The topological polar surface area (TPSA) is 54.4 Å². The molecule has 1 unspecified atom stereocenters. The van der Waals surface area contributed by atoms with Crippen LogP contribution in [0.1, 0.15) is 12.5 Å². The molecule has 3 nitrogen and oxygen atoms in total. The Balaban J connectivity index is 3.02. The number of carboxylic acid groups (broad SMARTS) is 1. The lowest BCUT2D eigenvalue weighted by Crippen LogP contribution is -2.22. The Labute approximate surface area is 88.0 Å². The second kappa shape index (κ2) is 4.55. The summed E-state index contributed by atoms with van der Waals surface area (Å²) in [6.07, 6.45) is 0. The highest BCUT2D eigenvalue weighted by atomic mass is 16.4. The van der Waals surface area contributed by atoms with Crippen molar-refractivity contribution in [2.45, 2.75) is 6.92 Å². The van der Waals surface area contributed by atoms with E-state index in [0.29, 0.717) is 11.1 Å². The van der Waals surface area contributed by atoms with Crippen molar-refractivity contribution in [1.82, 2.24) is 0 Å². The zero-order chi connectivity index (χ0) is 11.4. The molecule has 1 atom stereocenters. The largest absolute Gasteiger partial charge is 0.480 e. The number of aliphatic carboxylic acids is 1. The summed E-state index contributed by atoms with van der Waals surface area (Å²) in [7, 11) is 0. The first-order valence-electron chi connectivity index (χ1n) is 4.51. The summed E-state index contributed by atoms with van der Waals surface area (Å²) in [5.74, 6) is -2.71. The summed E-state index contributed by atoms with van der Waals surface area (Å²) in [6, 6.07) is 8.85. The highest BCUT2D eigenvalue weighted by Gasteiger charge is 2.26. The van der Waals surface area contributed by atoms with Crippen LogP contribution in [0.5, 0.6) is 0 Å². The first-order valence-corrected chi connectivity index (χ1v) is 4.51. The maximum atomic E-state index is 11.2. The molecule has 0 heterocycles. The van der Waals surface area contributed by atoms with Gasteiger partial charge in [0.15, 0.2) is 0 Å². The molecule has 1 aromatic rings. The second-order valence-electron chi connectivity index (χ2n) is 3.27. The molecule has 1 N–H and O–H groups in total. The van der Waals surface area contributed by atoms with Crippen molar-refractivity contribution in [3.8, 4) is 0 Å². The summed E-state index contributed by atoms with van der Waals surface area (Å²) >= 11 is 0. The minimum Gasteiger partial charge on any atom is -0.480 e. The number of carbonyl (C=O) groups is 2. The van der Waals surface area contributed by atoms with Crippen molar-refractivity contribution in [2.75, 3.05) is 0 Å². The maximum absolute atomic E-state index is 11.2. The van der Waals surface area contributed by atoms with Gasteiger partial charge in [-0.25, -0.2) is 0 Å². The quantitative estimate of drug-likeness (QED) is 0.763. The van der Waals surface area contributed by atoms with Crippen LogP contribution in [-0.4, -0.2) is 16.9 Å². The molecule has 78 valence electrons. The molecule has 15 heavy (non-hydrogen) atoms. The summed E-state index contributed by atoms with van der Waals surface area (Å²) in [6.45, 7) is 4.92. The Bertz CT molecular complexity index is 379. The number of Topliss-reactive ketones (excluding diaryl/α,β-unsaturated/α-hetero) is 1. The van der Waals surface area contributed by atoms with E-state index in [1.165, 1.54) is 6.92 Å². The molecule has 0 saturated heterocycles. The third-order valence-electron chi connectivity index (χ3n) is 2.15. The van der Waals surface area contributed by atoms with Gasteiger partial charge in [-0.1, -0.05) is 36.9 Å². The molecule has 0 bridgehead atoms. The van der Waals surface area contributed by atoms with Gasteiger partial charge in [-0.2, -0.15) is 0 Å². The Morgan fingerprint density at radius 2 is 1.80 bits per heavy atom. The standard InChI is InChI=1S/C12H12O3/c1-8(10-6-4-3-5-7-10)11(9(2)13)12(14)15/h3-7,11H,1H2,2H3,(H,14,15). The first-order chi connectivity index (χ1) is 7.04. The molecule has 0 aromatic heterocycles. The van der Waals surface area contributed by atoms with Gasteiger partial charge in [0.1, 0.15) is 11.7 Å². The van der Waals surface area contributed by atoms with Crippen LogP contribution in [0.4, 0.5) is 0 Å². The van der Waals surface area contributed by atoms with Crippen LogP contribution in [0.25, 0.3) is 5.57 Å². The molecule has 0 aliphatic rings. The van der Waals surface area contributed by atoms with E-state index in [1.807, 2.05) is 6.07 Å². The minimum atomic E-state index is -1.16. The van der Waals surface area contributed by atoms with E-state index in [-0.39, 0.29) is 0 Å². The summed E-state index contributed by atoms with van der Waals surface area (Å²) in [4.78, 5) is 22.0. The van der Waals surface area contributed by atoms with Gasteiger partial charge in [0.25, 0.3) is 0 Å². The van der Waals surface area contributed by atoms with E-state index in [0.717, 1.165) is 0 Å². The molecular weight excluding hydrogens is 192 g/mol. The van der Waals surface area contributed by atoms with Crippen LogP contribution < -0.4 is 0 Å². The van der Waals surface area contributed by atoms with Gasteiger partial charge in [-0.15, -0.1) is 0 Å². The normalized spacial score (nSPS) is 11.8. The van der Waals surface area contributed by atoms with Crippen LogP contribution in [0.3, 0.4) is 0 Å². The molecule has 0 amide bonds. The zero-order valence-corrected chi connectivity index (χ0v) is 8.43. The molecule has 0 aliphatic heterocycles. The van der Waals surface area contributed by atoms with Crippen molar-refractivity contribution >= 4 is 17.3 Å². The van der Waals surface area contributed by atoms with Gasteiger partial charge in [-0.05, 0) is 18.1 Å². The fourth-order valence-electron chi connectivity index (χ4n) is 1.39. The van der Waals surface area contributed by atoms with Crippen LogP contribution in [0.15, 0.2) is 36.9 Å². The smallest absolute Gasteiger partial charge is 0.318 e. The number of rotatable bonds is 4. The highest BCUT2D eigenvalue weighted by molar-refractivity contribution is 6.07. The van der Waals surface area contributed by atoms with E-state index in [9.17, 15) is 9.59 Å². The third-order valence-corrected chi connectivity index (χ3v) is 2.15. The highest BCUT2D eigenvalue weighted by Crippen LogP contribution is 2.22. The van der Waals surface area contributed by atoms with Gasteiger partial charge < -0.3 is 5.11 Å². The number of carboxylic acids is 1. The molecule has 0 fully saturated rings. The van der Waals surface area contributed by atoms with Gasteiger partial charge >= 0.3 is 5.97 Å². The van der Waals surface area contributed by atoms with Gasteiger partial charge in [0, 0.05) is 0 Å². The number of ketones is 1. The summed E-state index contributed by atoms with van der Waals surface area (Å²) in [5, 5.41) is 8.89. The molecule has 0 saturated carbocycles. The molecule has 0 radical (unpaired) electrons. The molecule has 0 spiro atoms. The fraction of sp³-hybridized carbons (Fsp3) is 0.167. The minimum absolute atomic E-state index is 0.329.